The number of nitrogens with zero attached hydrogens (tertiary/aromatic N) is 2. The van der Waals surface area contributed by atoms with E-state index in [0.717, 1.165) is 24.5 Å². The highest BCUT2D eigenvalue weighted by Crippen LogP contribution is 2.15. The maximum absolute atomic E-state index is 5.73. The Morgan fingerprint density at radius 3 is 2.62 bits per heavy atom. The second-order valence-electron chi connectivity index (χ2n) is 5.31. The van der Waals surface area contributed by atoms with Crippen molar-refractivity contribution in [3.63, 3.8) is 0 Å². The molecule has 90 valence electrons. The summed E-state index contributed by atoms with van der Waals surface area (Å²) in [5.41, 5.74) is 8.09. The number of rotatable bonds is 5. The van der Waals surface area contributed by atoms with Gasteiger partial charge >= 0.3 is 0 Å². The van der Waals surface area contributed by atoms with Crippen LogP contribution >= 0.6 is 0 Å². The summed E-state index contributed by atoms with van der Waals surface area (Å²) in [4.78, 5) is 6.77. The molecule has 0 aromatic carbocycles. The maximum Gasteiger partial charge on any atom is 0.0547 e. The van der Waals surface area contributed by atoms with Crippen molar-refractivity contribution in [3.05, 3.63) is 29.6 Å². The quantitative estimate of drug-likeness (QED) is 0.824. The van der Waals surface area contributed by atoms with Gasteiger partial charge in [-0.2, -0.15) is 0 Å². The van der Waals surface area contributed by atoms with E-state index in [4.69, 9.17) is 5.73 Å². The molecule has 2 N–H and O–H groups in total. The summed E-state index contributed by atoms with van der Waals surface area (Å²) in [6.07, 6.45) is 0. The fourth-order valence-electron chi connectivity index (χ4n) is 1.82. The first-order valence-corrected chi connectivity index (χ1v) is 5.74. The fraction of sp³-hybridized carbons (Fsp3) is 0.615. The van der Waals surface area contributed by atoms with E-state index in [1.807, 2.05) is 13.0 Å². The topological polar surface area (TPSA) is 42.1 Å². The van der Waals surface area contributed by atoms with Gasteiger partial charge in [-0.1, -0.05) is 19.9 Å². The molecule has 1 heterocycles. The predicted molar refractivity (Wildman–Crippen MR) is 68.1 cm³/mol. The van der Waals surface area contributed by atoms with Crippen molar-refractivity contribution < 1.29 is 0 Å². The van der Waals surface area contributed by atoms with Crippen LogP contribution in [0.3, 0.4) is 0 Å². The van der Waals surface area contributed by atoms with Crippen LogP contribution < -0.4 is 5.73 Å². The molecule has 3 heteroatoms. The summed E-state index contributed by atoms with van der Waals surface area (Å²) >= 11 is 0. The molecule has 0 spiro atoms. The molecule has 3 nitrogen and oxygen atoms in total. The van der Waals surface area contributed by atoms with Crippen molar-refractivity contribution in [3.8, 4) is 0 Å². The lowest BCUT2D eigenvalue weighted by molar-refractivity contribution is 0.208. The van der Waals surface area contributed by atoms with Gasteiger partial charge in [0.1, 0.15) is 0 Å². The average Bonchev–Trinajstić information content (AvgIpc) is 2.16. The number of nitrogens with two attached hydrogens (primary N) is 1. The summed E-state index contributed by atoms with van der Waals surface area (Å²) < 4.78 is 0. The molecule has 0 radical (unpaired) electrons. The van der Waals surface area contributed by atoms with Crippen LogP contribution in [0.1, 0.15) is 25.2 Å². The van der Waals surface area contributed by atoms with Crippen LogP contribution in [0, 0.1) is 12.3 Å². The van der Waals surface area contributed by atoms with Crippen LogP contribution in [0.15, 0.2) is 18.2 Å². The third kappa shape index (κ3) is 4.29. The van der Waals surface area contributed by atoms with Crippen molar-refractivity contribution in [2.45, 2.75) is 27.3 Å². The zero-order chi connectivity index (χ0) is 12.2. The Hall–Kier alpha value is -0.930. The predicted octanol–water partition coefficient (Wildman–Crippen LogP) is 1.81. The first-order valence-electron chi connectivity index (χ1n) is 5.74. The van der Waals surface area contributed by atoms with Crippen molar-refractivity contribution >= 4 is 0 Å². The highest BCUT2D eigenvalue weighted by Gasteiger charge is 2.18. The molecule has 0 fully saturated rings. The Bertz CT molecular complexity index is 334. The van der Waals surface area contributed by atoms with Gasteiger partial charge in [0.25, 0.3) is 0 Å². The standard InChI is InChI=1S/C13H23N3/c1-11-6-5-7-12(15-11)8-16(4)10-13(2,3)9-14/h5-7H,8-10,14H2,1-4H3. The van der Waals surface area contributed by atoms with Crippen molar-refractivity contribution in [1.82, 2.24) is 9.88 Å². The van der Waals surface area contributed by atoms with E-state index in [1.165, 1.54) is 0 Å². The lowest BCUT2D eigenvalue weighted by atomic mass is 9.93. The number of hydrogen-bond acceptors (Lipinski definition) is 3. The Morgan fingerprint density at radius 1 is 1.38 bits per heavy atom. The third-order valence-corrected chi connectivity index (χ3v) is 2.63. The summed E-state index contributed by atoms with van der Waals surface area (Å²) in [6.45, 7) is 8.97. The molecule has 0 aliphatic rings. The van der Waals surface area contributed by atoms with Crippen LogP contribution in [0.4, 0.5) is 0 Å². The number of hydrogen-bond donors (Lipinski definition) is 1. The second-order valence-corrected chi connectivity index (χ2v) is 5.31. The van der Waals surface area contributed by atoms with Crippen molar-refractivity contribution in [2.24, 2.45) is 11.1 Å². The van der Waals surface area contributed by atoms with Gasteiger partial charge in [0.15, 0.2) is 0 Å². The van der Waals surface area contributed by atoms with Gasteiger partial charge in [0.05, 0.1) is 5.69 Å². The van der Waals surface area contributed by atoms with Crippen LogP contribution in [0.2, 0.25) is 0 Å². The molecule has 0 saturated carbocycles. The Balaban J connectivity index is 2.55. The minimum absolute atomic E-state index is 0.165. The lowest BCUT2D eigenvalue weighted by Crippen LogP contribution is -2.36. The summed E-state index contributed by atoms with van der Waals surface area (Å²) in [5.74, 6) is 0. The summed E-state index contributed by atoms with van der Waals surface area (Å²) in [6, 6.07) is 6.14. The zero-order valence-corrected chi connectivity index (χ0v) is 10.8. The van der Waals surface area contributed by atoms with Crippen LogP contribution in [-0.2, 0) is 6.54 Å². The van der Waals surface area contributed by atoms with Gasteiger partial charge in [-0.25, -0.2) is 0 Å². The monoisotopic (exact) mass is 221 g/mol. The Kier molecular flexibility index (Phi) is 4.44. The summed E-state index contributed by atoms with van der Waals surface area (Å²) in [5, 5.41) is 0. The van der Waals surface area contributed by atoms with E-state index in [1.54, 1.807) is 0 Å². The molecule has 0 amide bonds. The molecular weight excluding hydrogens is 198 g/mol. The maximum atomic E-state index is 5.73. The van der Waals surface area contributed by atoms with E-state index < -0.39 is 0 Å². The van der Waals surface area contributed by atoms with E-state index in [2.05, 4.69) is 42.9 Å². The largest absolute Gasteiger partial charge is 0.330 e. The number of aromatic nitrogens is 1. The highest BCUT2D eigenvalue weighted by molar-refractivity contribution is 5.09. The molecule has 0 aliphatic carbocycles. The SMILES string of the molecule is Cc1cccc(CN(C)CC(C)(C)CN)n1. The molecule has 0 aliphatic heterocycles. The Morgan fingerprint density at radius 2 is 2.06 bits per heavy atom. The minimum Gasteiger partial charge on any atom is -0.330 e. The normalized spacial score (nSPS) is 12.1. The summed E-state index contributed by atoms with van der Waals surface area (Å²) in [7, 11) is 2.11. The lowest BCUT2D eigenvalue weighted by Gasteiger charge is -2.28. The second kappa shape index (κ2) is 5.41. The fourth-order valence-corrected chi connectivity index (χ4v) is 1.82. The molecule has 16 heavy (non-hydrogen) atoms. The Labute approximate surface area is 98.7 Å². The molecular formula is C13H23N3. The van der Waals surface area contributed by atoms with Crippen LogP contribution in [-0.4, -0.2) is 30.0 Å². The van der Waals surface area contributed by atoms with Crippen LogP contribution in [0.25, 0.3) is 0 Å². The highest BCUT2D eigenvalue weighted by atomic mass is 15.1. The van der Waals surface area contributed by atoms with E-state index in [-0.39, 0.29) is 5.41 Å². The zero-order valence-electron chi connectivity index (χ0n) is 10.8. The first kappa shape index (κ1) is 13.1. The van der Waals surface area contributed by atoms with Gasteiger partial charge < -0.3 is 5.73 Å². The first-order chi connectivity index (χ1) is 7.43. The van der Waals surface area contributed by atoms with Gasteiger partial charge in [0.2, 0.25) is 0 Å². The van der Waals surface area contributed by atoms with Gasteiger partial charge in [0, 0.05) is 18.8 Å². The molecule has 0 bridgehead atoms. The molecule has 1 aromatic rings. The average molecular weight is 221 g/mol. The molecule has 0 saturated heterocycles. The van der Waals surface area contributed by atoms with E-state index >= 15 is 0 Å². The molecule has 0 unspecified atom stereocenters. The number of aryl methyl sites for hydroxylation is 1. The molecule has 1 aromatic heterocycles. The number of pyridine rings is 1. The van der Waals surface area contributed by atoms with E-state index in [9.17, 15) is 0 Å². The van der Waals surface area contributed by atoms with Gasteiger partial charge in [-0.15, -0.1) is 0 Å². The van der Waals surface area contributed by atoms with Gasteiger partial charge in [-0.05, 0) is 38.1 Å². The van der Waals surface area contributed by atoms with Crippen molar-refractivity contribution in [1.29, 1.82) is 0 Å². The minimum atomic E-state index is 0.165. The third-order valence-electron chi connectivity index (χ3n) is 2.63. The smallest absolute Gasteiger partial charge is 0.0547 e. The molecule has 1 rings (SSSR count). The van der Waals surface area contributed by atoms with Crippen molar-refractivity contribution in [2.75, 3.05) is 20.1 Å². The van der Waals surface area contributed by atoms with E-state index in [0.29, 0.717) is 6.54 Å². The van der Waals surface area contributed by atoms with Crippen LogP contribution in [0.5, 0.6) is 0 Å². The van der Waals surface area contributed by atoms with Gasteiger partial charge in [-0.3, -0.25) is 9.88 Å². The molecule has 0 atom stereocenters.